The largest absolute Gasteiger partial charge is 0.481 e. The maximum atomic E-state index is 10.5. The van der Waals surface area contributed by atoms with E-state index >= 15 is 0 Å². The molecule has 102 valence electrons. The van der Waals surface area contributed by atoms with Crippen LogP contribution in [0.2, 0.25) is 0 Å². The van der Waals surface area contributed by atoms with Gasteiger partial charge in [-0.25, -0.2) is 4.98 Å². The number of fused-ring (bicyclic) bond motifs is 1. The van der Waals surface area contributed by atoms with Crippen molar-refractivity contribution in [3.63, 3.8) is 0 Å². The highest BCUT2D eigenvalue weighted by Gasteiger charge is 2.15. The Labute approximate surface area is 122 Å². The molecule has 0 aliphatic rings. The molecule has 0 bridgehead atoms. The van der Waals surface area contributed by atoms with Crippen LogP contribution in [0.15, 0.2) is 16.6 Å². The van der Waals surface area contributed by atoms with Crippen LogP contribution in [0.3, 0.4) is 0 Å². The van der Waals surface area contributed by atoms with Crippen LogP contribution in [-0.4, -0.2) is 28.3 Å². The van der Waals surface area contributed by atoms with Gasteiger partial charge in [-0.15, -0.1) is 11.3 Å². The summed E-state index contributed by atoms with van der Waals surface area (Å²) in [6.07, 6.45) is -0.642. The maximum Gasteiger partial charge on any atom is 0.303 e. The smallest absolute Gasteiger partial charge is 0.303 e. The molecule has 0 saturated heterocycles. The number of aliphatic hydroxyl groups is 1. The first-order valence-electron chi connectivity index (χ1n) is 5.55. The summed E-state index contributed by atoms with van der Waals surface area (Å²) in [6, 6.07) is 3.64. The van der Waals surface area contributed by atoms with Crippen molar-refractivity contribution < 1.29 is 19.7 Å². The SMILES string of the molecule is COc1nc2cc(C(O)CCC(=O)O)sc2cc1Br. The van der Waals surface area contributed by atoms with E-state index in [-0.39, 0.29) is 12.8 Å². The number of hydrogen-bond acceptors (Lipinski definition) is 5. The van der Waals surface area contributed by atoms with Gasteiger partial charge < -0.3 is 14.9 Å². The lowest BCUT2D eigenvalue weighted by Crippen LogP contribution is -2.00. The molecular formula is C12H12BrNO4S. The number of methoxy groups -OCH3 is 1. The number of aliphatic hydroxyl groups excluding tert-OH is 1. The van der Waals surface area contributed by atoms with Gasteiger partial charge in [0.2, 0.25) is 5.88 Å². The van der Waals surface area contributed by atoms with Crippen LogP contribution in [0.1, 0.15) is 23.8 Å². The molecule has 1 unspecified atom stereocenters. The van der Waals surface area contributed by atoms with Gasteiger partial charge in [0.15, 0.2) is 0 Å². The van der Waals surface area contributed by atoms with Crippen molar-refractivity contribution in [1.29, 1.82) is 0 Å². The highest BCUT2D eigenvalue weighted by Crippen LogP contribution is 2.35. The minimum atomic E-state index is -0.914. The van der Waals surface area contributed by atoms with Gasteiger partial charge in [-0.2, -0.15) is 0 Å². The fourth-order valence-electron chi connectivity index (χ4n) is 1.65. The van der Waals surface area contributed by atoms with Gasteiger partial charge in [0, 0.05) is 11.3 Å². The molecule has 0 spiro atoms. The zero-order chi connectivity index (χ0) is 14.0. The first-order valence-corrected chi connectivity index (χ1v) is 7.16. The van der Waals surface area contributed by atoms with Gasteiger partial charge >= 0.3 is 5.97 Å². The summed E-state index contributed by atoms with van der Waals surface area (Å²) in [4.78, 5) is 15.5. The molecule has 0 amide bonds. The van der Waals surface area contributed by atoms with E-state index in [1.165, 1.54) is 18.4 Å². The van der Waals surface area contributed by atoms with Crippen LogP contribution in [0.4, 0.5) is 0 Å². The highest BCUT2D eigenvalue weighted by atomic mass is 79.9. The van der Waals surface area contributed by atoms with Crippen LogP contribution in [-0.2, 0) is 4.79 Å². The number of aliphatic carboxylic acids is 1. The quantitative estimate of drug-likeness (QED) is 0.870. The van der Waals surface area contributed by atoms with Crippen LogP contribution >= 0.6 is 27.3 Å². The predicted octanol–water partition coefficient (Wildman–Crippen LogP) is 2.97. The third kappa shape index (κ3) is 3.23. The van der Waals surface area contributed by atoms with Gasteiger partial charge in [0.05, 0.1) is 27.9 Å². The fraction of sp³-hybridized carbons (Fsp3) is 0.333. The number of carboxylic acids is 1. The molecule has 0 aliphatic carbocycles. The standard InChI is InChI=1S/C12H12BrNO4S/c1-18-12-6(13)4-9-7(14-12)5-10(19-9)8(15)2-3-11(16)17/h4-5,8,15H,2-3H2,1H3,(H,16,17). The fourth-order valence-corrected chi connectivity index (χ4v) is 3.35. The van der Waals surface area contributed by atoms with Crippen molar-refractivity contribution in [3.8, 4) is 5.88 Å². The van der Waals surface area contributed by atoms with Gasteiger partial charge in [-0.3, -0.25) is 4.79 Å². The molecule has 2 rings (SSSR count). The Morgan fingerprint density at radius 1 is 1.58 bits per heavy atom. The second-order valence-corrected chi connectivity index (χ2v) is 5.93. The number of hydrogen-bond donors (Lipinski definition) is 2. The number of rotatable bonds is 5. The molecule has 2 N–H and O–H groups in total. The van der Waals surface area contributed by atoms with E-state index < -0.39 is 12.1 Å². The minimum Gasteiger partial charge on any atom is -0.481 e. The Hall–Kier alpha value is -1.18. The van der Waals surface area contributed by atoms with Crippen LogP contribution in [0, 0.1) is 0 Å². The molecule has 0 aromatic carbocycles. The maximum absolute atomic E-state index is 10.5. The molecule has 0 radical (unpaired) electrons. The molecule has 5 nitrogen and oxygen atoms in total. The zero-order valence-electron chi connectivity index (χ0n) is 10.1. The highest BCUT2D eigenvalue weighted by molar-refractivity contribution is 9.10. The van der Waals surface area contributed by atoms with Crippen molar-refractivity contribution in [2.45, 2.75) is 18.9 Å². The Balaban J connectivity index is 2.28. The van der Waals surface area contributed by atoms with Crippen LogP contribution in [0.5, 0.6) is 5.88 Å². The van der Waals surface area contributed by atoms with Crippen molar-refractivity contribution in [1.82, 2.24) is 4.98 Å². The third-order valence-corrected chi connectivity index (χ3v) is 4.34. The molecule has 2 aromatic rings. The lowest BCUT2D eigenvalue weighted by atomic mass is 10.1. The van der Waals surface area contributed by atoms with Crippen molar-refractivity contribution >= 4 is 43.5 Å². The topological polar surface area (TPSA) is 79.7 Å². The summed E-state index contributed by atoms with van der Waals surface area (Å²) in [6.45, 7) is 0. The molecule has 0 fully saturated rings. The summed E-state index contributed by atoms with van der Waals surface area (Å²) < 4.78 is 6.77. The Morgan fingerprint density at radius 2 is 2.32 bits per heavy atom. The molecule has 0 aliphatic heterocycles. The van der Waals surface area contributed by atoms with Crippen molar-refractivity contribution in [2.75, 3.05) is 7.11 Å². The third-order valence-electron chi connectivity index (χ3n) is 2.60. The van der Waals surface area contributed by atoms with Crippen LogP contribution < -0.4 is 4.74 Å². The summed E-state index contributed by atoms with van der Waals surface area (Å²) in [5, 5.41) is 18.6. The predicted molar refractivity (Wildman–Crippen MR) is 75.7 cm³/mol. The number of nitrogens with zero attached hydrogens (tertiary/aromatic N) is 1. The normalized spacial score (nSPS) is 12.6. The summed E-state index contributed by atoms with van der Waals surface area (Å²) >= 11 is 4.75. The van der Waals surface area contributed by atoms with Gasteiger partial charge in [-0.1, -0.05) is 0 Å². The first-order chi connectivity index (χ1) is 9.01. The summed E-state index contributed by atoms with van der Waals surface area (Å²) in [5.41, 5.74) is 0.731. The monoisotopic (exact) mass is 345 g/mol. The molecule has 0 saturated carbocycles. The summed E-state index contributed by atoms with van der Waals surface area (Å²) in [7, 11) is 1.54. The average molecular weight is 346 g/mol. The van der Waals surface area contributed by atoms with E-state index in [4.69, 9.17) is 9.84 Å². The average Bonchev–Trinajstić information content (AvgIpc) is 2.77. The minimum absolute atomic E-state index is 0.0597. The van der Waals surface area contributed by atoms with Gasteiger partial charge in [0.1, 0.15) is 0 Å². The molecule has 2 heterocycles. The van der Waals surface area contributed by atoms with E-state index in [0.29, 0.717) is 10.8 Å². The molecule has 7 heteroatoms. The lowest BCUT2D eigenvalue weighted by molar-refractivity contribution is -0.137. The molecular weight excluding hydrogens is 334 g/mol. The second-order valence-electron chi connectivity index (χ2n) is 3.96. The lowest BCUT2D eigenvalue weighted by Gasteiger charge is -2.04. The van der Waals surface area contributed by atoms with Gasteiger partial charge in [0.25, 0.3) is 0 Å². The molecule has 2 aromatic heterocycles. The number of pyridine rings is 1. The van der Waals surface area contributed by atoms with E-state index in [1.807, 2.05) is 6.07 Å². The van der Waals surface area contributed by atoms with E-state index in [2.05, 4.69) is 20.9 Å². The summed E-state index contributed by atoms with van der Waals surface area (Å²) in [5.74, 6) is -0.431. The van der Waals surface area contributed by atoms with Crippen LogP contribution in [0.25, 0.3) is 10.2 Å². The Bertz CT molecular complexity index is 613. The van der Waals surface area contributed by atoms with E-state index in [0.717, 1.165) is 14.7 Å². The number of carboxylic acid groups (broad SMARTS) is 1. The van der Waals surface area contributed by atoms with Crippen molar-refractivity contribution in [3.05, 3.63) is 21.5 Å². The second kappa shape index (κ2) is 5.85. The van der Waals surface area contributed by atoms with Crippen molar-refractivity contribution in [2.24, 2.45) is 0 Å². The number of thiophene rings is 1. The zero-order valence-corrected chi connectivity index (χ0v) is 12.5. The van der Waals surface area contributed by atoms with E-state index in [1.54, 1.807) is 6.07 Å². The van der Waals surface area contributed by atoms with E-state index in [9.17, 15) is 9.90 Å². The number of ether oxygens (including phenoxy) is 1. The number of aromatic nitrogens is 1. The first kappa shape index (κ1) is 14.2. The van der Waals surface area contributed by atoms with Gasteiger partial charge in [-0.05, 0) is 34.5 Å². The molecule has 1 atom stereocenters. The Morgan fingerprint density at radius 3 is 2.95 bits per heavy atom. The molecule has 19 heavy (non-hydrogen) atoms. The number of halogens is 1. The Kier molecular flexibility index (Phi) is 4.38. The number of carbonyl (C=O) groups is 1.